The highest BCUT2D eigenvalue weighted by molar-refractivity contribution is 6.32. The van der Waals surface area contributed by atoms with Gasteiger partial charge in [0.2, 0.25) is 0 Å². The van der Waals surface area contributed by atoms with Crippen molar-refractivity contribution in [2.75, 3.05) is 37.7 Å². The average Bonchev–Trinajstić information content (AvgIpc) is 3.41. The van der Waals surface area contributed by atoms with Gasteiger partial charge < -0.3 is 15.0 Å². The molecule has 6 rings (SSSR count). The predicted octanol–water partition coefficient (Wildman–Crippen LogP) is 4.20. The number of fused-ring (bicyclic) bond motifs is 4. The highest BCUT2D eigenvalue weighted by Crippen LogP contribution is 2.42. The molecular weight excluding hydrogens is 474 g/mol. The van der Waals surface area contributed by atoms with Gasteiger partial charge in [-0.1, -0.05) is 11.6 Å². The fraction of sp³-hybridized carbons (Fsp3) is 0.652. The van der Waals surface area contributed by atoms with Crippen molar-refractivity contribution < 1.29 is 22.3 Å². The molecule has 1 N–H and O–H groups in total. The average molecular weight is 500 g/mol. The van der Waals surface area contributed by atoms with Gasteiger partial charge >= 0.3 is 12.2 Å². The Morgan fingerprint density at radius 2 is 1.91 bits per heavy atom. The van der Waals surface area contributed by atoms with Crippen molar-refractivity contribution in [2.45, 2.75) is 62.1 Å². The normalized spacial score (nSPS) is 31.4. The molecule has 4 saturated heterocycles. The molecule has 4 atom stereocenters. The van der Waals surface area contributed by atoms with Crippen molar-refractivity contribution in [3.8, 4) is 6.01 Å². The molecule has 0 saturated carbocycles. The van der Waals surface area contributed by atoms with Gasteiger partial charge in [-0.05, 0) is 44.4 Å². The van der Waals surface area contributed by atoms with Gasteiger partial charge in [0.1, 0.15) is 18.6 Å². The first-order valence-electron chi connectivity index (χ1n) is 11.8. The van der Waals surface area contributed by atoms with Gasteiger partial charge in [0.25, 0.3) is 0 Å². The lowest BCUT2D eigenvalue weighted by molar-refractivity contribution is -0.137. The molecule has 4 aliphatic rings. The largest absolute Gasteiger partial charge is 0.461 e. The smallest absolute Gasteiger partial charge is 0.417 e. The Kier molecular flexibility index (Phi) is 5.35. The number of hydrogen-bond donors (Lipinski definition) is 1. The molecule has 34 heavy (non-hydrogen) atoms. The second kappa shape index (κ2) is 8.06. The maximum Gasteiger partial charge on any atom is 0.417 e. The molecule has 5 heterocycles. The van der Waals surface area contributed by atoms with E-state index in [9.17, 15) is 17.6 Å². The number of anilines is 1. The molecule has 0 radical (unpaired) electrons. The number of aromatic nitrogens is 2. The van der Waals surface area contributed by atoms with Crippen molar-refractivity contribution >= 4 is 28.3 Å². The maximum absolute atomic E-state index is 14.1. The molecule has 2 unspecified atom stereocenters. The van der Waals surface area contributed by atoms with Crippen LogP contribution in [0.15, 0.2) is 12.1 Å². The third kappa shape index (κ3) is 3.87. The maximum atomic E-state index is 14.1. The van der Waals surface area contributed by atoms with Crippen LogP contribution in [0.1, 0.15) is 37.7 Å². The lowest BCUT2D eigenvalue weighted by Gasteiger charge is -2.34. The summed E-state index contributed by atoms with van der Waals surface area (Å²) in [5.41, 5.74) is -0.970. The summed E-state index contributed by atoms with van der Waals surface area (Å²) >= 11 is 6.01. The standard InChI is InChI=1S/C23H26ClF4N5O/c24-18-7-19-16(6-17(18)23(26,27)28)20(32-10-14-2-3-15(11-32)29-14)31-21(30-19)34-12-22-4-1-5-33(22)9-13(25)8-22/h6-7,13-15,29H,1-5,8-12H2/t13-,14?,15?,22+/m1/s1. The van der Waals surface area contributed by atoms with Gasteiger partial charge in [-0.15, -0.1) is 0 Å². The third-order valence-corrected chi connectivity index (χ3v) is 8.11. The summed E-state index contributed by atoms with van der Waals surface area (Å²) < 4.78 is 61.0. The van der Waals surface area contributed by atoms with E-state index in [1.807, 2.05) is 4.90 Å². The van der Waals surface area contributed by atoms with Crippen molar-refractivity contribution in [3.05, 3.63) is 22.7 Å². The van der Waals surface area contributed by atoms with E-state index in [-0.39, 0.29) is 30.2 Å². The van der Waals surface area contributed by atoms with Crippen LogP contribution in [0.3, 0.4) is 0 Å². The minimum Gasteiger partial charge on any atom is -0.461 e. The molecule has 0 spiro atoms. The summed E-state index contributed by atoms with van der Waals surface area (Å²) in [5.74, 6) is 0.427. The van der Waals surface area contributed by atoms with Gasteiger partial charge in [0, 0.05) is 43.5 Å². The first-order chi connectivity index (χ1) is 16.2. The van der Waals surface area contributed by atoms with Crippen LogP contribution >= 0.6 is 11.6 Å². The highest BCUT2D eigenvalue weighted by atomic mass is 35.5. The number of halogens is 5. The summed E-state index contributed by atoms with van der Waals surface area (Å²) in [4.78, 5) is 13.2. The van der Waals surface area contributed by atoms with E-state index in [0.29, 0.717) is 42.8 Å². The Morgan fingerprint density at radius 3 is 2.65 bits per heavy atom. The number of benzene rings is 1. The molecule has 1 aromatic carbocycles. The highest BCUT2D eigenvalue weighted by Gasteiger charge is 2.49. The number of ether oxygens (including phenoxy) is 1. The first-order valence-corrected chi connectivity index (χ1v) is 12.2. The van der Waals surface area contributed by atoms with Crippen LogP contribution in [-0.4, -0.2) is 71.4 Å². The molecule has 11 heteroatoms. The van der Waals surface area contributed by atoms with E-state index in [4.69, 9.17) is 16.3 Å². The van der Waals surface area contributed by atoms with Crippen molar-refractivity contribution in [1.29, 1.82) is 0 Å². The summed E-state index contributed by atoms with van der Waals surface area (Å²) in [6.07, 6.45) is -1.18. The Hall–Kier alpha value is -1.91. The SMILES string of the molecule is F[C@H]1CN2CCC[C@@]2(COc2nc(N3CC4CCC(C3)N4)c3cc(C(F)(F)F)c(Cl)cc3n2)C1. The van der Waals surface area contributed by atoms with Crippen LogP contribution in [0.2, 0.25) is 5.02 Å². The molecule has 6 nitrogen and oxygen atoms in total. The molecule has 2 bridgehead atoms. The quantitative estimate of drug-likeness (QED) is 0.636. The van der Waals surface area contributed by atoms with Gasteiger partial charge in [-0.2, -0.15) is 23.1 Å². The molecule has 1 aromatic heterocycles. The number of piperazine rings is 1. The number of rotatable bonds is 4. The molecule has 4 fully saturated rings. The Morgan fingerprint density at radius 1 is 1.15 bits per heavy atom. The number of nitrogens with zero attached hydrogens (tertiary/aromatic N) is 4. The van der Waals surface area contributed by atoms with Gasteiger partial charge in [-0.3, -0.25) is 4.90 Å². The number of hydrogen-bond acceptors (Lipinski definition) is 6. The number of alkyl halides is 4. The molecule has 2 aromatic rings. The van der Waals surface area contributed by atoms with Crippen LogP contribution in [0.25, 0.3) is 10.9 Å². The lowest BCUT2D eigenvalue weighted by Crippen LogP contribution is -2.51. The molecule has 184 valence electrons. The van der Waals surface area contributed by atoms with Crippen LogP contribution in [0.4, 0.5) is 23.4 Å². The first kappa shape index (κ1) is 22.5. The van der Waals surface area contributed by atoms with Gasteiger partial charge in [0.05, 0.1) is 21.6 Å². The predicted molar refractivity (Wildman–Crippen MR) is 120 cm³/mol. The Labute approximate surface area is 199 Å². The lowest BCUT2D eigenvalue weighted by atomic mass is 9.95. The number of nitrogens with one attached hydrogen (secondary N) is 1. The summed E-state index contributed by atoms with van der Waals surface area (Å²) in [6, 6.07) is 2.92. The van der Waals surface area contributed by atoms with Crippen molar-refractivity contribution in [3.63, 3.8) is 0 Å². The summed E-state index contributed by atoms with van der Waals surface area (Å²) in [6.45, 7) is 2.79. The Balaban J connectivity index is 1.38. The molecule has 0 amide bonds. The zero-order chi connectivity index (χ0) is 23.7. The van der Waals surface area contributed by atoms with E-state index in [0.717, 1.165) is 38.3 Å². The summed E-state index contributed by atoms with van der Waals surface area (Å²) in [5, 5.41) is 3.42. The fourth-order valence-electron chi connectivity index (χ4n) is 6.25. The van der Waals surface area contributed by atoms with Crippen LogP contribution in [-0.2, 0) is 6.18 Å². The van der Waals surface area contributed by atoms with Crippen molar-refractivity contribution in [1.82, 2.24) is 20.2 Å². The Bertz CT molecular complexity index is 1100. The van der Waals surface area contributed by atoms with Crippen molar-refractivity contribution in [2.24, 2.45) is 0 Å². The topological polar surface area (TPSA) is 53.5 Å². The van der Waals surface area contributed by atoms with E-state index in [1.54, 1.807) is 0 Å². The molecular formula is C23H26ClF4N5O. The zero-order valence-corrected chi connectivity index (χ0v) is 19.3. The van der Waals surface area contributed by atoms with Crippen LogP contribution in [0, 0.1) is 0 Å². The van der Waals surface area contributed by atoms with Crippen LogP contribution < -0.4 is 15.0 Å². The van der Waals surface area contributed by atoms with E-state index in [2.05, 4.69) is 20.2 Å². The summed E-state index contributed by atoms with van der Waals surface area (Å²) in [7, 11) is 0. The van der Waals surface area contributed by atoms with Crippen LogP contribution in [0.5, 0.6) is 6.01 Å². The minimum atomic E-state index is -4.59. The zero-order valence-electron chi connectivity index (χ0n) is 18.5. The van der Waals surface area contributed by atoms with E-state index < -0.39 is 22.9 Å². The van der Waals surface area contributed by atoms with E-state index >= 15 is 0 Å². The molecule has 4 aliphatic heterocycles. The third-order valence-electron chi connectivity index (χ3n) is 7.80. The minimum absolute atomic E-state index is 0.0905. The van der Waals surface area contributed by atoms with Gasteiger partial charge in [-0.25, -0.2) is 4.39 Å². The molecule has 0 aliphatic carbocycles. The monoisotopic (exact) mass is 499 g/mol. The second-order valence-corrected chi connectivity index (χ2v) is 10.5. The fourth-order valence-corrected chi connectivity index (χ4v) is 6.52. The second-order valence-electron chi connectivity index (χ2n) is 10.1. The van der Waals surface area contributed by atoms with Gasteiger partial charge in [0.15, 0.2) is 0 Å². The van der Waals surface area contributed by atoms with E-state index in [1.165, 1.54) is 6.07 Å².